The molecule has 0 radical (unpaired) electrons. The van der Waals surface area contributed by atoms with E-state index in [-0.39, 0.29) is 25.3 Å². The highest BCUT2D eigenvalue weighted by Crippen LogP contribution is 2.33. The fourth-order valence-electron chi connectivity index (χ4n) is 3.11. The predicted molar refractivity (Wildman–Crippen MR) is 96.2 cm³/mol. The number of ether oxygens (including phenoxy) is 2. The van der Waals surface area contributed by atoms with Gasteiger partial charge in [-0.2, -0.15) is 5.10 Å². The topological polar surface area (TPSA) is 118 Å². The van der Waals surface area contributed by atoms with E-state index in [1.165, 1.54) is 4.57 Å². The van der Waals surface area contributed by atoms with Gasteiger partial charge in [-0.05, 0) is 26.0 Å². The first-order valence-corrected chi connectivity index (χ1v) is 8.64. The summed E-state index contributed by atoms with van der Waals surface area (Å²) >= 11 is 0. The Morgan fingerprint density at radius 1 is 1.32 bits per heavy atom. The largest absolute Gasteiger partial charge is 0.454 e. The Morgan fingerprint density at radius 2 is 2.11 bits per heavy atom. The van der Waals surface area contributed by atoms with E-state index >= 15 is 0 Å². The summed E-state index contributed by atoms with van der Waals surface area (Å²) in [4.78, 5) is 25.2. The van der Waals surface area contributed by atoms with Gasteiger partial charge in [0.15, 0.2) is 17.3 Å². The van der Waals surface area contributed by atoms with E-state index in [2.05, 4.69) is 20.6 Å². The molecule has 0 aliphatic carbocycles. The molecule has 11 nitrogen and oxygen atoms in total. The first kappa shape index (κ1) is 17.8. The molecule has 28 heavy (non-hydrogen) atoms. The molecule has 1 N–H and O–H groups in total. The maximum absolute atomic E-state index is 12.8. The third kappa shape index (κ3) is 3.10. The number of nitrogens with zero attached hydrogens (tertiary/aromatic N) is 6. The Labute approximate surface area is 159 Å². The molecule has 1 aliphatic rings. The quantitative estimate of drug-likeness (QED) is 0.661. The van der Waals surface area contributed by atoms with Crippen LogP contribution in [0.5, 0.6) is 11.5 Å². The summed E-state index contributed by atoms with van der Waals surface area (Å²) < 4.78 is 14.9. The van der Waals surface area contributed by atoms with Crippen LogP contribution in [-0.4, -0.2) is 41.8 Å². The highest BCUT2D eigenvalue weighted by atomic mass is 16.7. The van der Waals surface area contributed by atoms with E-state index in [0.717, 1.165) is 4.68 Å². The number of carbonyl (C=O) groups excluding carboxylic acids is 1. The zero-order valence-electron chi connectivity index (χ0n) is 15.6. The van der Waals surface area contributed by atoms with Gasteiger partial charge in [-0.25, -0.2) is 14.0 Å². The standard InChI is InChI=1S/C17H19N7O4/c1-10(16-20-18-8-22(16)3)19-15(25)7-23-17(26)24(11(2)21-23)12-4-5-13-14(6-12)28-9-27-13/h4-6,8,10H,7,9H2,1-3H3,(H,19,25)/t10-/m0/s1. The highest BCUT2D eigenvalue weighted by Gasteiger charge is 2.20. The van der Waals surface area contributed by atoms with Crippen LogP contribution in [0.1, 0.15) is 24.6 Å². The molecule has 3 heterocycles. The molecule has 1 aliphatic heterocycles. The van der Waals surface area contributed by atoms with Gasteiger partial charge in [0.1, 0.15) is 18.7 Å². The third-order valence-corrected chi connectivity index (χ3v) is 4.42. The second kappa shape index (κ2) is 6.83. The number of nitrogens with one attached hydrogen (secondary N) is 1. The van der Waals surface area contributed by atoms with Crippen LogP contribution < -0.4 is 20.5 Å². The van der Waals surface area contributed by atoms with Crippen molar-refractivity contribution in [3.63, 3.8) is 0 Å². The molecule has 2 aromatic heterocycles. The van der Waals surface area contributed by atoms with E-state index in [0.29, 0.717) is 28.8 Å². The van der Waals surface area contributed by atoms with Gasteiger partial charge in [0.05, 0.1) is 11.7 Å². The normalized spacial score (nSPS) is 13.5. The van der Waals surface area contributed by atoms with Crippen molar-refractivity contribution in [1.29, 1.82) is 0 Å². The van der Waals surface area contributed by atoms with Crippen molar-refractivity contribution in [3.8, 4) is 17.2 Å². The maximum Gasteiger partial charge on any atom is 0.351 e. The molecular weight excluding hydrogens is 366 g/mol. The Bertz CT molecular complexity index is 1100. The van der Waals surface area contributed by atoms with Crippen LogP contribution in [0.2, 0.25) is 0 Å². The molecule has 0 fully saturated rings. The van der Waals surface area contributed by atoms with Gasteiger partial charge in [-0.15, -0.1) is 10.2 Å². The Hall–Kier alpha value is -3.63. The first-order valence-electron chi connectivity index (χ1n) is 8.64. The van der Waals surface area contributed by atoms with E-state index < -0.39 is 5.69 Å². The number of aryl methyl sites for hydroxylation is 2. The van der Waals surface area contributed by atoms with Crippen LogP contribution in [0.3, 0.4) is 0 Å². The van der Waals surface area contributed by atoms with Crippen LogP contribution in [-0.2, 0) is 18.4 Å². The lowest BCUT2D eigenvalue weighted by Gasteiger charge is -2.12. The SMILES string of the molecule is Cc1nn(CC(=O)N[C@@H](C)c2nncn2C)c(=O)n1-c1ccc2c(c1)OCO2. The van der Waals surface area contributed by atoms with Gasteiger partial charge in [0.2, 0.25) is 12.7 Å². The summed E-state index contributed by atoms with van der Waals surface area (Å²) in [5.41, 5.74) is 0.170. The Morgan fingerprint density at radius 3 is 2.86 bits per heavy atom. The summed E-state index contributed by atoms with van der Waals surface area (Å²) in [6, 6.07) is 4.83. The van der Waals surface area contributed by atoms with E-state index in [4.69, 9.17) is 9.47 Å². The van der Waals surface area contributed by atoms with Crippen molar-refractivity contribution in [3.05, 3.63) is 46.7 Å². The minimum absolute atomic E-state index is 0.149. The minimum atomic E-state index is -0.419. The number of fused-ring (bicyclic) bond motifs is 1. The van der Waals surface area contributed by atoms with Gasteiger partial charge in [-0.1, -0.05) is 0 Å². The smallest absolute Gasteiger partial charge is 0.351 e. The number of aromatic nitrogens is 6. The van der Waals surface area contributed by atoms with Crippen molar-refractivity contribution in [2.75, 3.05) is 6.79 Å². The minimum Gasteiger partial charge on any atom is -0.454 e. The number of hydrogen-bond acceptors (Lipinski definition) is 7. The second-order valence-electron chi connectivity index (χ2n) is 6.45. The molecule has 11 heteroatoms. The van der Waals surface area contributed by atoms with Crippen molar-refractivity contribution >= 4 is 5.91 Å². The number of amides is 1. The first-order chi connectivity index (χ1) is 13.4. The summed E-state index contributed by atoms with van der Waals surface area (Å²) in [6.45, 7) is 3.43. The van der Waals surface area contributed by atoms with Crippen molar-refractivity contribution in [2.45, 2.75) is 26.4 Å². The highest BCUT2D eigenvalue weighted by molar-refractivity contribution is 5.76. The van der Waals surface area contributed by atoms with Gasteiger partial charge in [-0.3, -0.25) is 4.79 Å². The van der Waals surface area contributed by atoms with E-state index in [1.807, 2.05) is 0 Å². The maximum atomic E-state index is 12.8. The molecule has 0 spiro atoms. The number of benzene rings is 1. The van der Waals surface area contributed by atoms with Crippen LogP contribution in [0.4, 0.5) is 0 Å². The van der Waals surface area contributed by atoms with Crippen LogP contribution >= 0.6 is 0 Å². The molecule has 4 rings (SSSR count). The lowest BCUT2D eigenvalue weighted by molar-refractivity contribution is -0.122. The Balaban J connectivity index is 1.54. The fraction of sp³-hybridized carbons (Fsp3) is 0.353. The predicted octanol–water partition coefficient (Wildman–Crippen LogP) is 0.0770. The van der Waals surface area contributed by atoms with E-state index in [9.17, 15) is 9.59 Å². The van der Waals surface area contributed by atoms with Crippen molar-refractivity contribution in [2.24, 2.45) is 7.05 Å². The van der Waals surface area contributed by atoms with Crippen LogP contribution in [0.25, 0.3) is 5.69 Å². The molecule has 146 valence electrons. The molecule has 1 atom stereocenters. The second-order valence-corrected chi connectivity index (χ2v) is 6.45. The fourth-order valence-corrected chi connectivity index (χ4v) is 3.11. The van der Waals surface area contributed by atoms with Crippen LogP contribution in [0.15, 0.2) is 29.3 Å². The van der Waals surface area contributed by atoms with E-state index in [1.54, 1.807) is 50.0 Å². The summed E-state index contributed by atoms with van der Waals surface area (Å²) in [5, 5.41) is 14.8. The molecular formula is C17H19N7O4. The molecule has 1 amide bonds. The molecule has 0 unspecified atom stereocenters. The Kier molecular flexibility index (Phi) is 4.34. The summed E-state index contributed by atoms with van der Waals surface area (Å²) in [7, 11) is 1.79. The van der Waals surface area contributed by atoms with Crippen molar-refractivity contribution in [1.82, 2.24) is 34.4 Å². The molecule has 3 aromatic rings. The van der Waals surface area contributed by atoms with Gasteiger partial charge in [0, 0.05) is 13.1 Å². The van der Waals surface area contributed by atoms with Crippen molar-refractivity contribution < 1.29 is 14.3 Å². The lowest BCUT2D eigenvalue weighted by atomic mass is 10.2. The molecule has 1 aromatic carbocycles. The van der Waals surface area contributed by atoms with Crippen LogP contribution in [0, 0.1) is 6.92 Å². The zero-order chi connectivity index (χ0) is 19.8. The number of carbonyl (C=O) groups is 1. The molecule has 0 saturated carbocycles. The average molecular weight is 385 g/mol. The van der Waals surface area contributed by atoms with Gasteiger partial charge >= 0.3 is 5.69 Å². The third-order valence-electron chi connectivity index (χ3n) is 4.42. The lowest BCUT2D eigenvalue weighted by Crippen LogP contribution is -2.35. The number of rotatable bonds is 5. The monoisotopic (exact) mass is 385 g/mol. The average Bonchev–Trinajstić information content (AvgIpc) is 3.34. The molecule has 0 bridgehead atoms. The summed E-state index contributed by atoms with van der Waals surface area (Å²) in [5.74, 6) is 1.90. The summed E-state index contributed by atoms with van der Waals surface area (Å²) in [6.07, 6.45) is 1.55. The van der Waals surface area contributed by atoms with Gasteiger partial charge in [0.25, 0.3) is 0 Å². The molecule has 0 saturated heterocycles. The number of hydrogen-bond donors (Lipinski definition) is 1. The zero-order valence-corrected chi connectivity index (χ0v) is 15.6. The van der Waals surface area contributed by atoms with Gasteiger partial charge < -0.3 is 19.4 Å².